The quantitative estimate of drug-likeness (QED) is 0.804. The molecule has 1 heterocycles. The third kappa shape index (κ3) is 3.63. The predicted molar refractivity (Wildman–Crippen MR) is 81.2 cm³/mol. The smallest absolute Gasteiger partial charge is 0.310 e. The average Bonchev–Trinajstić information content (AvgIpc) is 2.49. The number of amides is 1. The summed E-state index contributed by atoms with van der Waals surface area (Å²) in [5.41, 5.74) is 2.98. The number of hydrogen-bond donors (Lipinski definition) is 0. The van der Waals surface area contributed by atoms with Crippen molar-refractivity contribution in [2.75, 3.05) is 19.7 Å². The number of hydrogen-bond acceptors (Lipinski definition) is 3. The number of nitrogens with zero attached hydrogens (tertiary/aromatic N) is 1. The molecule has 0 N–H and O–H groups in total. The second kappa shape index (κ2) is 6.74. The fourth-order valence-corrected chi connectivity index (χ4v) is 2.67. The van der Waals surface area contributed by atoms with Crippen LogP contribution < -0.4 is 0 Å². The Balaban J connectivity index is 2.08. The number of rotatable bonds is 3. The lowest BCUT2D eigenvalue weighted by Crippen LogP contribution is -2.42. The molecule has 0 spiro atoms. The van der Waals surface area contributed by atoms with Gasteiger partial charge in [-0.1, -0.05) is 6.07 Å². The number of piperidine rings is 1. The maximum Gasteiger partial charge on any atom is 0.310 e. The molecule has 0 unspecified atom stereocenters. The van der Waals surface area contributed by atoms with Gasteiger partial charge in [-0.2, -0.15) is 0 Å². The minimum absolute atomic E-state index is 0.00657. The van der Waals surface area contributed by atoms with E-state index >= 15 is 0 Å². The fraction of sp³-hybridized carbons (Fsp3) is 0.529. The van der Waals surface area contributed by atoms with E-state index in [1.54, 1.807) is 11.8 Å². The van der Waals surface area contributed by atoms with Crippen molar-refractivity contribution < 1.29 is 14.3 Å². The van der Waals surface area contributed by atoms with Crippen molar-refractivity contribution in [1.29, 1.82) is 0 Å². The Hall–Kier alpha value is -1.84. The highest BCUT2D eigenvalue weighted by atomic mass is 16.5. The lowest BCUT2D eigenvalue weighted by atomic mass is 9.97. The van der Waals surface area contributed by atoms with Crippen LogP contribution in [0.1, 0.15) is 41.3 Å². The first-order chi connectivity index (χ1) is 10.0. The second-order valence-electron chi connectivity index (χ2n) is 5.64. The molecular formula is C17H23NO3. The van der Waals surface area contributed by atoms with Crippen LogP contribution in [0.15, 0.2) is 18.2 Å². The molecule has 21 heavy (non-hydrogen) atoms. The zero-order chi connectivity index (χ0) is 15.4. The summed E-state index contributed by atoms with van der Waals surface area (Å²) in [6.07, 6.45) is 1.65. The summed E-state index contributed by atoms with van der Waals surface area (Å²) in [4.78, 5) is 26.2. The number of esters is 1. The molecule has 1 aliphatic heterocycles. The molecule has 1 fully saturated rings. The summed E-state index contributed by atoms with van der Waals surface area (Å²) in [5.74, 6) is -0.364. The summed E-state index contributed by atoms with van der Waals surface area (Å²) < 4.78 is 5.07. The topological polar surface area (TPSA) is 46.6 Å². The van der Waals surface area contributed by atoms with Crippen LogP contribution in [0.2, 0.25) is 0 Å². The normalized spacial score (nSPS) is 18.4. The number of carbonyl (C=O) groups is 2. The Morgan fingerprint density at radius 2 is 2.05 bits per heavy atom. The van der Waals surface area contributed by atoms with Gasteiger partial charge in [0.1, 0.15) is 0 Å². The van der Waals surface area contributed by atoms with Crippen molar-refractivity contribution in [1.82, 2.24) is 4.90 Å². The van der Waals surface area contributed by atoms with Crippen LogP contribution in [0, 0.1) is 19.8 Å². The number of ether oxygens (including phenoxy) is 1. The first-order valence-electron chi connectivity index (χ1n) is 7.56. The molecule has 2 rings (SSSR count). The Bertz CT molecular complexity index is 539. The third-order valence-corrected chi connectivity index (χ3v) is 4.08. The van der Waals surface area contributed by atoms with Gasteiger partial charge in [0.2, 0.25) is 0 Å². The first-order valence-corrected chi connectivity index (χ1v) is 7.56. The average molecular weight is 289 g/mol. The van der Waals surface area contributed by atoms with Gasteiger partial charge in [-0.25, -0.2) is 0 Å². The highest BCUT2D eigenvalue weighted by Crippen LogP contribution is 2.20. The Morgan fingerprint density at radius 1 is 1.29 bits per heavy atom. The van der Waals surface area contributed by atoms with E-state index in [0.717, 1.165) is 18.4 Å². The molecule has 1 atom stereocenters. The fourth-order valence-electron chi connectivity index (χ4n) is 2.67. The standard InChI is InChI=1S/C17H23NO3/c1-4-21-17(20)15-6-5-9-18(11-15)16(19)14-8-7-12(2)13(3)10-14/h7-8,10,15H,4-6,9,11H2,1-3H3/t15-/m1/s1. The highest BCUT2D eigenvalue weighted by molar-refractivity contribution is 5.94. The Kier molecular flexibility index (Phi) is 4.99. The second-order valence-corrected chi connectivity index (χ2v) is 5.64. The largest absolute Gasteiger partial charge is 0.466 e. The Labute approximate surface area is 126 Å². The van der Waals surface area contributed by atoms with Gasteiger partial charge in [0, 0.05) is 18.7 Å². The first kappa shape index (κ1) is 15.5. The molecule has 1 aromatic rings. The molecule has 0 aliphatic carbocycles. The summed E-state index contributed by atoms with van der Waals surface area (Å²) in [5, 5.41) is 0. The van der Waals surface area contributed by atoms with Gasteiger partial charge >= 0.3 is 5.97 Å². The van der Waals surface area contributed by atoms with Crippen LogP contribution >= 0.6 is 0 Å². The third-order valence-electron chi connectivity index (χ3n) is 4.08. The van der Waals surface area contributed by atoms with E-state index in [1.807, 2.05) is 32.0 Å². The van der Waals surface area contributed by atoms with E-state index in [-0.39, 0.29) is 17.8 Å². The van der Waals surface area contributed by atoms with Crippen molar-refractivity contribution in [3.05, 3.63) is 34.9 Å². The molecule has 114 valence electrons. The van der Waals surface area contributed by atoms with Crippen molar-refractivity contribution >= 4 is 11.9 Å². The molecule has 1 saturated heterocycles. The van der Waals surface area contributed by atoms with E-state index in [9.17, 15) is 9.59 Å². The SMILES string of the molecule is CCOC(=O)[C@@H]1CCCN(C(=O)c2ccc(C)c(C)c2)C1. The Morgan fingerprint density at radius 3 is 2.71 bits per heavy atom. The molecule has 1 aliphatic rings. The van der Waals surface area contributed by atoms with E-state index in [4.69, 9.17) is 4.74 Å². The van der Waals surface area contributed by atoms with Crippen molar-refractivity contribution in [2.45, 2.75) is 33.6 Å². The minimum atomic E-state index is -0.186. The van der Waals surface area contributed by atoms with Crippen LogP contribution in [0.25, 0.3) is 0 Å². The molecular weight excluding hydrogens is 266 g/mol. The number of aryl methyl sites for hydroxylation is 2. The molecule has 1 aromatic carbocycles. The van der Waals surface area contributed by atoms with Crippen molar-refractivity contribution in [3.63, 3.8) is 0 Å². The van der Waals surface area contributed by atoms with Gasteiger partial charge in [0.25, 0.3) is 5.91 Å². The molecule has 0 bridgehead atoms. The molecule has 0 radical (unpaired) electrons. The molecule has 0 saturated carbocycles. The summed E-state index contributed by atoms with van der Waals surface area (Å²) in [6.45, 7) is 7.40. The van der Waals surface area contributed by atoms with Crippen LogP contribution in [0.3, 0.4) is 0 Å². The van der Waals surface area contributed by atoms with Gasteiger partial charge in [-0.05, 0) is 56.9 Å². The van der Waals surface area contributed by atoms with Gasteiger partial charge in [0.15, 0.2) is 0 Å². The highest BCUT2D eigenvalue weighted by Gasteiger charge is 2.29. The molecule has 0 aromatic heterocycles. The van der Waals surface area contributed by atoms with Gasteiger partial charge in [-0.15, -0.1) is 0 Å². The molecule has 1 amide bonds. The zero-order valence-corrected chi connectivity index (χ0v) is 13.0. The van der Waals surface area contributed by atoms with Gasteiger partial charge in [-0.3, -0.25) is 9.59 Å². The zero-order valence-electron chi connectivity index (χ0n) is 13.0. The summed E-state index contributed by atoms with van der Waals surface area (Å²) in [6, 6.07) is 5.75. The van der Waals surface area contributed by atoms with Crippen LogP contribution in [-0.2, 0) is 9.53 Å². The molecule has 4 heteroatoms. The lowest BCUT2D eigenvalue weighted by Gasteiger charge is -2.31. The lowest BCUT2D eigenvalue weighted by molar-refractivity contribution is -0.149. The maximum absolute atomic E-state index is 12.6. The monoisotopic (exact) mass is 289 g/mol. The van der Waals surface area contributed by atoms with Crippen LogP contribution in [0.4, 0.5) is 0 Å². The number of likely N-dealkylation sites (tertiary alicyclic amines) is 1. The molecule has 4 nitrogen and oxygen atoms in total. The van der Waals surface area contributed by atoms with E-state index in [1.165, 1.54) is 5.56 Å². The van der Waals surface area contributed by atoms with Crippen molar-refractivity contribution in [3.8, 4) is 0 Å². The van der Waals surface area contributed by atoms with Crippen LogP contribution in [0.5, 0.6) is 0 Å². The van der Waals surface area contributed by atoms with E-state index in [0.29, 0.717) is 25.3 Å². The van der Waals surface area contributed by atoms with Gasteiger partial charge < -0.3 is 9.64 Å². The maximum atomic E-state index is 12.6. The summed E-state index contributed by atoms with van der Waals surface area (Å²) >= 11 is 0. The predicted octanol–water partition coefficient (Wildman–Crippen LogP) is 2.72. The van der Waals surface area contributed by atoms with Crippen molar-refractivity contribution in [2.24, 2.45) is 5.92 Å². The van der Waals surface area contributed by atoms with Gasteiger partial charge in [0.05, 0.1) is 12.5 Å². The summed E-state index contributed by atoms with van der Waals surface area (Å²) in [7, 11) is 0. The van der Waals surface area contributed by atoms with E-state index < -0.39 is 0 Å². The number of benzene rings is 1. The number of carbonyl (C=O) groups excluding carboxylic acids is 2. The van der Waals surface area contributed by atoms with Crippen LogP contribution in [-0.4, -0.2) is 36.5 Å². The van der Waals surface area contributed by atoms with E-state index in [2.05, 4.69) is 0 Å². The minimum Gasteiger partial charge on any atom is -0.466 e.